The molecule has 0 N–H and O–H groups in total. The van der Waals surface area contributed by atoms with Crippen LogP contribution in [0.1, 0.15) is 0 Å². The van der Waals surface area contributed by atoms with E-state index in [1.54, 1.807) is 0 Å². The van der Waals surface area contributed by atoms with Crippen LogP contribution in [0.25, 0.3) is 0 Å². The fraction of sp³-hybridized carbons (Fsp3) is 0.600. The molecule has 0 spiro atoms. The number of hydrogen-bond donors (Lipinski definition) is 0. The molecule has 0 fully saturated rings. The van der Waals surface area contributed by atoms with Crippen LogP contribution in [0.2, 0.25) is 19.6 Å². The van der Waals surface area contributed by atoms with Crippen molar-refractivity contribution >= 4 is 8.07 Å². The van der Waals surface area contributed by atoms with E-state index in [9.17, 15) is 0 Å². The summed E-state index contributed by atoms with van der Waals surface area (Å²) in [4.78, 5) is 0. The van der Waals surface area contributed by atoms with Gasteiger partial charge in [0.25, 0.3) is 0 Å². The average Bonchev–Trinajstić information content (AvgIpc) is 1.35. The van der Waals surface area contributed by atoms with Gasteiger partial charge in [-0.2, -0.15) is 0 Å². The van der Waals surface area contributed by atoms with E-state index in [1.807, 2.05) is 0 Å². The number of hydrogen-bond acceptors (Lipinski definition) is 0. The second-order valence-electron chi connectivity index (χ2n) is 2.38. The quantitative estimate of drug-likeness (QED) is 0.288. The molecule has 0 nitrogen and oxygen atoms in total. The topological polar surface area (TPSA) is 0 Å². The molecular weight excluding hydrogens is 279 g/mol. The van der Waals surface area contributed by atoms with E-state index < -0.39 is 8.07 Å². The molecule has 0 unspecified atom stereocenters. The molecule has 0 bridgehead atoms. The monoisotopic (exact) mass is 287 g/mol. The molecular formula is C5H9CuISi. The van der Waals surface area contributed by atoms with E-state index in [-0.39, 0.29) is 41.0 Å². The van der Waals surface area contributed by atoms with E-state index >= 15 is 0 Å². The van der Waals surface area contributed by atoms with Gasteiger partial charge in [-0.1, -0.05) is 19.6 Å². The van der Waals surface area contributed by atoms with Gasteiger partial charge in [-0.15, -0.1) is 5.54 Å². The molecule has 0 amide bonds. The Balaban J connectivity index is -0.000000125. The van der Waals surface area contributed by atoms with Gasteiger partial charge < -0.3 is 24.0 Å². The standard InChI is InChI=1S/C5H9Si.Cu.HI/c1-5-6(2,3)4;;/h2-4H3;;1H/q;+1;/p-1. The smallest absolute Gasteiger partial charge is 1.00 e. The molecule has 0 saturated carbocycles. The van der Waals surface area contributed by atoms with Crippen LogP contribution in [0.15, 0.2) is 0 Å². The molecule has 8 heavy (non-hydrogen) atoms. The van der Waals surface area contributed by atoms with Gasteiger partial charge >= 0.3 is 17.1 Å². The van der Waals surface area contributed by atoms with Crippen LogP contribution < -0.4 is 24.0 Å². The number of halogens is 1. The Morgan fingerprint density at radius 3 is 1.38 bits per heavy atom. The predicted molar refractivity (Wildman–Crippen MR) is 30.5 cm³/mol. The Morgan fingerprint density at radius 1 is 1.25 bits per heavy atom. The molecule has 0 aliphatic heterocycles. The van der Waals surface area contributed by atoms with E-state index in [2.05, 4.69) is 25.2 Å². The summed E-state index contributed by atoms with van der Waals surface area (Å²) in [6.07, 6.45) is 6.67. The van der Waals surface area contributed by atoms with E-state index in [1.165, 1.54) is 0 Å². The van der Waals surface area contributed by atoms with Crippen molar-refractivity contribution in [2.75, 3.05) is 0 Å². The predicted octanol–water partition coefficient (Wildman–Crippen LogP) is -1.54. The maximum atomic E-state index is 6.67. The van der Waals surface area contributed by atoms with Crippen LogP contribution in [0.4, 0.5) is 0 Å². The summed E-state index contributed by atoms with van der Waals surface area (Å²) in [5.74, 6) is 0. The molecule has 0 aromatic rings. The van der Waals surface area contributed by atoms with Gasteiger partial charge in [-0.25, -0.2) is 0 Å². The van der Waals surface area contributed by atoms with E-state index in [0.29, 0.717) is 0 Å². The Kier molecular flexibility index (Phi) is 12.3. The molecule has 0 atom stereocenters. The summed E-state index contributed by atoms with van der Waals surface area (Å²) >= 11 is 0. The summed E-state index contributed by atoms with van der Waals surface area (Å²) in [5.41, 5.74) is 2.49. The van der Waals surface area contributed by atoms with Crippen molar-refractivity contribution in [1.82, 2.24) is 0 Å². The fourth-order valence-electron chi connectivity index (χ4n) is 0. The average molecular weight is 288 g/mol. The third kappa shape index (κ3) is 15.7. The van der Waals surface area contributed by atoms with Crippen LogP contribution in [0.5, 0.6) is 0 Å². The first-order valence-corrected chi connectivity index (χ1v) is 5.50. The van der Waals surface area contributed by atoms with Gasteiger partial charge in [0.15, 0.2) is 0 Å². The molecule has 51 valence electrons. The van der Waals surface area contributed by atoms with Crippen molar-refractivity contribution in [2.24, 2.45) is 0 Å². The van der Waals surface area contributed by atoms with Gasteiger partial charge in [-0.05, 0) is 6.42 Å². The normalized spacial score (nSPS) is 7.75. The van der Waals surface area contributed by atoms with Crippen molar-refractivity contribution in [3.63, 3.8) is 0 Å². The van der Waals surface area contributed by atoms with Crippen LogP contribution in [0.3, 0.4) is 0 Å². The summed E-state index contributed by atoms with van der Waals surface area (Å²) < 4.78 is 0. The van der Waals surface area contributed by atoms with Crippen LogP contribution >= 0.6 is 0 Å². The van der Waals surface area contributed by atoms with Gasteiger partial charge in [-0.3, -0.25) is 0 Å². The second kappa shape index (κ2) is 6.15. The van der Waals surface area contributed by atoms with Crippen LogP contribution in [0, 0.1) is 12.0 Å². The van der Waals surface area contributed by atoms with Gasteiger partial charge in [0.05, 0.1) is 0 Å². The third-order valence-corrected chi connectivity index (χ3v) is 1.12. The zero-order valence-corrected chi connectivity index (χ0v) is 9.28. The van der Waals surface area contributed by atoms with E-state index in [0.717, 1.165) is 0 Å². The Bertz CT molecular complexity index is 79.4. The zero-order chi connectivity index (χ0) is 5.21. The number of rotatable bonds is 0. The van der Waals surface area contributed by atoms with E-state index in [4.69, 9.17) is 6.42 Å². The molecule has 0 heterocycles. The summed E-state index contributed by atoms with van der Waals surface area (Å²) in [6, 6.07) is 0. The molecule has 0 saturated heterocycles. The third-order valence-electron chi connectivity index (χ3n) is 0.375. The van der Waals surface area contributed by atoms with Crippen molar-refractivity contribution in [1.29, 1.82) is 0 Å². The maximum Gasteiger partial charge on any atom is 1.00 e. The maximum absolute atomic E-state index is 6.67. The Labute approximate surface area is 80.3 Å². The van der Waals surface area contributed by atoms with Crippen molar-refractivity contribution in [2.45, 2.75) is 19.6 Å². The minimum absolute atomic E-state index is 0. The minimum Gasteiger partial charge on any atom is -1.00 e. The molecule has 3 heteroatoms. The summed E-state index contributed by atoms with van der Waals surface area (Å²) in [7, 11) is -1.21. The Morgan fingerprint density at radius 2 is 1.38 bits per heavy atom. The minimum atomic E-state index is -1.21. The first-order valence-electron chi connectivity index (χ1n) is 2.00. The zero-order valence-electron chi connectivity index (χ0n) is 5.18. The van der Waals surface area contributed by atoms with Gasteiger partial charge in [0.1, 0.15) is 8.07 Å². The first-order chi connectivity index (χ1) is 2.56. The fourth-order valence-corrected chi connectivity index (χ4v) is 0. The molecule has 0 aliphatic carbocycles. The molecule has 1 radical (unpaired) electrons. The van der Waals surface area contributed by atoms with Gasteiger partial charge in [0.2, 0.25) is 0 Å². The SMILES string of the molecule is [C]#C[Si](C)(C)C.[Cu+].[I-]. The molecule has 0 aliphatic rings. The van der Waals surface area contributed by atoms with Gasteiger partial charge in [0, 0.05) is 0 Å². The Hall–Kier alpha value is 1.03. The second-order valence-corrected chi connectivity index (χ2v) is 7.12. The first kappa shape index (κ1) is 16.0. The molecule has 0 aromatic heterocycles. The van der Waals surface area contributed by atoms with Crippen molar-refractivity contribution in [3.8, 4) is 5.54 Å². The summed E-state index contributed by atoms with van der Waals surface area (Å²) in [6.45, 7) is 6.25. The molecule has 0 rings (SSSR count). The molecule has 0 aromatic carbocycles. The van der Waals surface area contributed by atoms with Crippen LogP contribution in [-0.4, -0.2) is 8.07 Å². The van der Waals surface area contributed by atoms with Crippen molar-refractivity contribution < 1.29 is 41.0 Å². The van der Waals surface area contributed by atoms with Crippen molar-refractivity contribution in [3.05, 3.63) is 6.42 Å². The van der Waals surface area contributed by atoms with Crippen LogP contribution in [-0.2, 0) is 17.1 Å². The largest absolute Gasteiger partial charge is 1.00 e. The summed E-state index contributed by atoms with van der Waals surface area (Å²) in [5, 5.41) is 0.